The average Bonchev–Trinajstić information content (AvgIpc) is 2.64. The highest BCUT2D eigenvalue weighted by molar-refractivity contribution is 9.10. The summed E-state index contributed by atoms with van der Waals surface area (Å²) >= 11 is 8.78. The van der Waals surface area contributed by atoms with Gasteiger partial charge in [0, 0.05) is 10.9 Å². The van der Waals surface area contributed by atoms with Gasteiger partial charge < -0.3 is 0 Å². The van der Waals surface area contributed by atoms with Gasteiger partial charge in [0.2, 0.25) is 0 Å². The SMILES string of the molecule is CCc1n[nH]c(=S)n1-c1cccc(Br)c1C. The first-order chi connectivity index (χ1) is 7.65. The minimum atomic E-state index is 0.637. The zero-order valence-corrected chi connectivity index (χ0v) is 11.5. The molecule has 1 N–H and O–H groups in total. The Labute approximate surface area is 108 Å². The molecule has 1 heterocycles. The van der Waals surface area contributed by atoms with Crippen molar-refractivity contribution >= 4 is 28.1 Å². The molecule has 0 unspecified atom stereocenters. The molecule has 2 rings (SSSR count). The lowest BCUT2D eigenvalue weighted by atomic mass is 10.2. The third-order valence-corrected chi connectivity index (χ3v) is 3.67. The number of nitrogens with zero attached hydrogens (tertiary/aromatic N) is 2. The van der Waals surface area contributed by atoms with E-state index in [4.69, 9.17) is 12.2 Å². The average molecular weight is 298 g/mol. The first kappa shape index (κ1) is 11.5. The Balaban J connectivity index is 2.72. The lowest BCUT2D eigenvalue weighted by molar-refractivity contribution is 0.875. The maximum Gasteiger partial charge on any atom is 0.199 e. The van der Waals surface area contributed by atoms with Crippen LogP contribution in [-0.2, 0) is 6.42 Å². The summed E-state index contributed by atoms with van der Waals surface area (Å²) in [5.74, 6) is 0.950. The first-order valence-corrected chi connectivity index (χ1v) is 6.27. The van der Waals surface area contributed by atoms with Crippen molar-refractivity contribution in [1.82, 2.24) is 14.8 Å². The first-order valence-electron chi connectivity index (χ1n) is 5.07. The highest BCUT2D eigenvalue weighted by atomic mass is 79.9. The maximum atomic E-state index is 5.25. The van der Waals surface area contributed by atoms with Gasteiger partial charge in [-0.3, -0.25) is 9.67 Å². The maximum absolute atomic E-state index is 5.25. The fourth-order valence-electron chi connectivity index (χ4n) is 1.65. The van der Waals surface area contributed by atoms with E-state index >= 15 is 0 Å². The van der Waals surface area contributed by atoms with E-state index in [0.717, 1.165) is 28.0 Å². The summed E-state index contributed by atoms with van der Waals surface area (Å²) in [5.41, 5.74) is 2.24. The molecule has 0 aliphatic carbocycles. The fraction of sp³-hybridized carbons (Fsp3) is 0.273. The highest BCUT2D eigenvalue weighted by Gasteiger charge is 2.09. The fourth-order valence-corrected chi connectivity index (χ4v) is 2.26. The highest BCUT2D eigenvalue weighted by Crippen LogP contribution is 2.23. The standard InChI is InChI=1S/C11H12BrN3S/c1-3-10-13-14-11(16)15(10)9-6-4-5-8(12)7(9)2/h4-6H,3H2,1-2H3,(H,14,16). The normalized spacial score (nSPS) is 10.7. The molecule has 3 nitrogen and oxygen atoms in total. The molecule has 0 spiro atoms. The van der Waals surface area contributed by atoms with E-state index in [1.807, 2.05) is 22.8 Å². The lowest BCUT2D eigenvalue weighted by Gasteiger charge is -2.10. The number of aromatic amines is 1. The van der Waals surface area contributed by atoms with E-state index in [1.54, 1.807) is 0 Å². The van der Waals surface area contributed by atoms with Crippen LogP contribution < -0.4 is 0 Å². The predicted octanol–water partition coefficient (Wildman–Crippen LogP) is 3.56. The Morgan fingerprint density at radius 2 is 2.25 bits per heavy atom. The quantitative estimate of drug-likeness (QED) is 0.860. The molecular weight excluding hydrogens is 286 g/mol. The van der Waals surface area contributed by atoms with E-state index in [2.05, 4.69) is 40.0 Å². The van der Waals surface area contributed by atoms with E-state index in [9.17, 15) is 0 Å². The van der Waals surface area contributed by atoms with Gasteiger partial charge >= 0.3 is 0 Å². The predicted molar refractivity (Wildman–Crippen MR) is 70.6 cm³/mol. The number of H-pyrrole nitrogens is 1. The van der Waals surface area contributed by atoms with Crippen molar-refractivity contribution in [2.45, 2.75) is 20.3 Å². The third-order valence-electron chi connectivity index (χ3n) is 2.54. The molecule has 0 saturated carbocycles. The van der Waals surface area contributed by atoms with Crippen molar-refractivity contribution < 1.29 is 0 Å². The topological polar surface area (TPSA) is 33.6 Å². The third kappa shape index (κ3) is 1.85. The van der Waals surface area contributed by atoms with Crippen LogP contribution in [0.15, 0.2) is 22.7 Å². The number of hydrogen-bond acceptors (Lipinski definition) is 2. The summed E-state index contributed by atoms with van der Waals surface area (Å²) in [4.78, 5) is 0. The minimum Gasteiger partial charge on any atom is -0.272 e. The van der Waals surface area contributed by atoms with Gasteiger partial charge in [-0.05, 0) is 36.8 Å². The van der Waals surface area contributed by atoms with Crippen LogP contribution in [0.2, 0.25) is 0 Å². The van der Waals surface area contributed by atoms with Crippen LogP contribution >= 0.6 is 28.1 Å². The number of benzene rings is 1. The van der Waals surface area contributed by atoms with Crippen molar-refractivity contribution in [2.75, 3.05) is 0 Å². The molecule has 0 radical (unpaired) electrons. The minimum absolute atomic E-state index is 0.637. The summed E-state index contributed by atoms with van der Waals surface area (Å²) in [6.07, 6.45) is 0.846. The van der Waals surface area contributed by atoms with Gasteiger partial charge in [0.05, 0.1) is 5.69 Å². The number of hydrogen-bond donors (Lipinski definition) is 1. The summed E-state index contributed by atoms with van der Waals surface area (Å²) in [5, 5.41) is 7.05. The van der Waals surface area contributed by atoms with E-state index in [-0.39, 0.29) is 0 Å². The van der Waals surface area contributed by atoms with Crippen LogP contribution in [0.25, 0.3) is 5.69 Å². The van der Waals surface area contributed by atoms with Crippen molar-refractivity contribution in [3.8, 4) is 5.69 Å². The molecule has 1 aromatic carbocycles. The number of aryl methyl sites for hydroxylation is 1. The summed E-state index contributed by atoms with van der Waals surface area (Å²) < 4.78 is 3.70. The Morgan fingerprint density at radius 3 is 2.94 bits per heavy atom. The second-order valence-electron chi connectivity index (χ2n) is 3.52. The lowest BCUT2D eigenvalue weighted by Crippen LogP contribution is -2.02. The second kappa shape index (κ2) is 4.51. The number of halogens is 1. The van der Waals surface area contributed by atoms with Gasteiger partial charge in [0.1, 0.15) is 5.82 Å². The van der Waals surface area contributed by atoms with Gasteiger partial charge in [-0.2, -0.15) is 5.10 Å². The van der Waals surface area contributed by atoms with Gasteiger partial charge in [-0.25, -0.2) is 0 Å². The van der Waals surface area contributed by atoms with Crippen LogP contribution in [-0.4, -0.2) is 14.8 Å². The Kier molecular flexibility index (Phi) is 3.25. The van der Waals surface area contributed by atoms with Crippen molar-refractivity contribution in [3.05, 3.63) is 38.8 Å². The molecule has 0 fully saturated rings. The van der Waals surface area contributed by atoms with Gasteiger partial charge in [-0.15, -0.1) is 0 Å². The molecular formula is C11H12BrN3S. The zero-order valence-electron chi connectivity index (χ0n) is 9.12. The van der Waals surface area contributed by atoms with Gasteiger partial charge in [0.15, 0.2) is 4.77 Å². The van der Waals surface area contributed by atoms with E-state index in [0.29, 0.717) is 4.77 Å². The molecule has 0 amide bonds. The molecule has 0 bridgehead atoms. The number of rotatable bonds is 2. The van der Waals surface area contributed by atoms with Crippen LogP contribution in [0.1, 0.15) is 18.3 Å². The Morgan fingerprint density at radius 1 is 1.50 bits per heavy atom. The zero-order chi connectivity index (χ0) is 11.7. The number of nitrogens with one attached hydrogen (secondary N) is 1. The van der Waals surface area contributed by atoms with Crippen molar-refractivity contribution in [1.29, 1.82) is 0 Å². The van der Waals surface area contributed by atoms with Crippen LogP contribution in [0.4, 0.5) is 0 Å². The van der Waals surface area contributed by atoms with E-state index in [1.165, 1.54) is 0 Å². The van der Waals surface area contributed by atoms with Crippen LogP contribution in [0.5, 0.6) is 0 Å². The summed E-state index contributed by atoms with van der Waals surface area (Å²) in [7, 11) is 0. The Hall–Kier alpha value is -0.940. The monoisotopic (exact) mass is 297 g/mol. The van der Waals surface area contributed by atoms with Crippen molar-refractivity contribution in [3.63, 3.8) is 0 Å². The largest absolute Gasteiger partial charge is 0.272 e. The second-order valence-corrected chi connectivity index (χ2v) is 4.76. The molecule has 0 saturated heterocycles. The Bertz CT molecular complexity index is 571. The van der Waals surface area contributed by atoms with Gasteiger partial charge in [0.25, 0.3) is 0 Å². The molecule has 0 atom stereocenters. The summed E-state index contributed by atoms with van der Waals surface area (Å²) in [6.45, 7) is 4.13. The molecule has 5 heteroatoms. The van der Waals surface area contributed by atoms with Gasteiger partial charge in [-0.1, -0.05) is 28.9 Å². The number of aromatic nitrogens is 3. The van der Waals surface area contributed by atoms with Crippen molar-refractivity contribution in [2.24, 2.45) is 0 Å². The summed E-state index contributed by atoms with van der Waals surface area (Å²) in [6, 6.07) is 6.07. The molecule has 16 heavy (non-hydrogen) atoms. The van der Waals surface area contributed by atoms with Crippen LogP contribution in [0, 0.1) is 11.7 Å². The molecule has 0 aliphatic rings. The molecule has 2 aromatic rings. The molecule has 0 aliphatic heterocycles. The van der Waals surface area contributed by atoms with Crippen LogP contribution in [0.3, 0.4) is 0 Å². The molecule has 84 valence electrons. The molecule has 1 aromatic heterocycles. The smallest absolute Gasteiger partial charge is 0.199 e. The van der Waals surface area contributed by atoms with E-state index < -0.39 is 0 Å².